The summed E-state index contributed by atoms with van der Waals surface area (Å²) in [6.45, 7) is 1.74. The number of hydrogen-bond acceptors (Lipinski definition) is 1. The molecule has 0 saturated heterocycles. The minimum atomic E-state index is -0.928. The van der Waals surface area contributed by atoms with Gasteiger partial charge in [0, 0.05) is 6.42 Å². The van der Waals surface area contributed by atoms with Crippen molar-refractivity contribution < 1.29 is 18.3 Å². The molecule has 0 saturated carbocycles. The van der Waals surface area contributed by atoms with Gasteiger partial charge in [-0.15, -0.1) is 0 Å². The lowest BCUT2D eigenvalue weighted by Crippen LogP contribution is -2.16. The monoisotopic (exact) mass is 280 g/mol. The molecular weight excluding hydrogens is 265 g/mol. The van der Waals surface area contributed by atoms with Crippen LogP contribution in [0.4, 0.5) is 13.2 Å². The largest absolute Gasteiger partial charge is 0.392 e. The molecule has 4 heteroatoms. The highest BCUT2D eigenvalue weighted by Crippen LogP contribution is 2.17. The Kier molecular flexibility index (Phi) is 4.45. The van der Waals surface area contributed by atoms with Crippen LogP contribution in [0.5, 0.6) is 0 Å². The SMILES string of the molecule is Cc1cc(F)ccc1CC(O)Cc1cccc(F)c1F. The van der Waals surface area contributed by atoms with Gasteiger partial charge >= 0.3 is 0 Å². The number of halogens is 3. The Morgan fingerprint density at radius 2 is 1.70 bits per heavy atom. The molecule has 0 aliphatic rings. The minimum absolute atomic E-state index is 0.0143. The smallest absolute Gasteiger partial charge is 0.162 e. The van der Waals surface area contributed by atoms with E-state index in [-0.39, 0.29) is 24.2 Å². The van der Waals surface area contributed by atoms with Crippen molar-refractivity contribution in [2.24, 2.45) is 0 Å². The summed E-state index contributed by atoms with van der Waals surface area (Å²) < 4.78 is 39.5. The van der Waals surface area contributed by atoms with Crippen LogP contribution in [0.1, 0.15) is 16.7 Å². The van der Waals surface area contributed by atoms with Crippen LogP contribution in [0.3, 0.4) is 0 Å². The van der Waals surface area contributed by atoms with Crippen LogP contribution in [0.2, 0.25) is 0 Å². The number of rotatable bonds is 4. The van der Waals surface area contributed by atoms with Crippen LogP contribution in [-0.2, 0) is 12.8 Å². The summed E-state index contributed by atoms with van der Waals surface area (Å²) in [6.07, 6.45) is -0.571. The molecule has 1 unspecified atom stereocenters. The number of benzene rings is 2. The van der Waals surface area contributed by atoms with Crippen LogP contribution in [0, 0.1) is 24.4 Å². The highest BCUT2D eigenvalue weighted by molar-refractivity contribution is 5.28. The van der Waals surface area contributed by atoms with Gasteiger partial charge in [0.1, 0.15) is 5.82 Å². The van der Waals surface area contributed by atoms with Gasteiger partial charge < -0.3 is 5.11 Å². The molecule has 0 aliphatic heterocycles. The van der Waals surface area contributed by atoms with Gasteiger partial charge in [-0.2, -0.15) is 0 Å². The van der Waals surface area contributed by atoms with E-state index in [1.165, 1.54) is 24.3 Å². The fraction of sp³-hybridized carbons (Fsp3) is 0.250. The molecule has 106 valence electrons. The van der Waals surface area contributed by atoms with Crippen LogP contribution in [0.15, 0.2) is 36.4 Å². The molecule has 0 amide bonds. The first-order chi connectivity index (χ1) is 9.47. The van der Waals surface area contributed by atoms with E-state index in [2.05, 4.69) is 0 Å². The predicted molar refractivity (Wildman–Crippen MR) is 70.9 cm³/mol. The Hall–Kier alpha value is -1.81. The second kappa shape index (κ2) is 6.09. The van der Waals surface area contributed by atoms with E-state index in [1.54, 1.807) is 13.0 Å². The molecule has 20 heavy (non-hydrogen) atoms. The van der Waals surface area contributed by atoms with Gasteiger partial charge in [0.25, 0.3) is 0 Å². The molecule has 1 atom stereocenters. The van der Waals surface area contributed by atoms with Crippen molar-refractivity contribution in [2.45, 2.75) is 25.9 Å². The highest BCUT2D eigenvalue weighted by Gasteiger charge is 2.14. The summed E-state index contributed by atoms with van der Waals surface area (Å²) in [4.78, 5) is 0. The van der Waals surface area contributed by atoms with E-state index in [0.717, 1.165) is 17.2 Å². The van der Waals surface area contributed by atoms with Gasteiger partial charge in [-0.25, -0.2) is 13.2 Å². The molecule has 0 heterocycles. The first-order valence-corrected chi connectivity index (χ1v) is 6.33. The second-order valence-electron chi connectivity index (χ2n) is 4.85. The van der Waals surface area contributed by atoms with Crippen molar-refractivity contribution in [1.29, 1.82) is 0 Å². The van der Waals surface area contributed by atoms with Crippen LogP contribution in [0.25, 0.3) is 0 Å². The summed E-state index contributed by atoms with van der Waals surface area (Å²) in [7, 11) is 0. The molecule has 0 bridgehead atoms. The summed E-state index contributed by atoms with van der Waals surface area (Å²) in [5.74, 6) is -2.19. The quantitative estimate of drug-likeness (QED) is 0.908. The zero-order chi connectivity index (χ0) is 14.7. The van der Waals surface area contributed by atoms with Crippen molar-refractivity contribution >= 4 is 0 Å². The standard InChI is InChI=1S/C16H15F3O/c1-10-7-13(17)6-5-11(10)8-14(20)9-12-3-2-4-15(18)16(12)19/h2-7,14,20H,8-9H2,1H3. The Balaban J connectivity index is 2.09. The van der Waals surface area contributed by atoms with Crippen LogP contribution in [-0.4, -0.2) is 11.2 Å². The molecule has 0 fully saturated rings. The van der Waals surface area contributed by atoms with E-state index in [0.29, 0.717) is 0 Å². The molecule has 0 spiro atoms. The Labute approximate surface area is 115 Å². The maximum atomic E-state index is 13.5. The maximum Gasteiger partial charge on any atom is 0.162 e. The molecule has 1 N–H and O–H groups in total. The highest BCUT2D eigenvalue weighted by atomic mass is 19.2. The summed E-state index contributed by atoms with van der Waals surface area (Å²) >= 11 is 0. The summed E-state index contributed by atoms with van der Waals surface area (Å²) in [5.41, 5.74) is 1.65. The summed E-state index contributed by atoms with van der Waals surface area (Å²) in [6, 6.07) is 8.18. The average molecular weight is 280 g/mol. The number of aryl methyl sites for hydroxylation is 1. The Bertz CT molecular complexity index is 611. The molecule has 2 rings (SSSR count). The molecule has 0 aromatic heterocycles. The fourth-order valence-electron chi connectivity index (χ4n) is 2.17. The van der Waals surface area contributed by atoms with Gasteiger partial charge in [0.05, 0.1) is 6.10 Å². The zero-order valence-electron chi connectivity index (χ0n) is 11.0. The average Bonchev–Trinajstić information content (AvgIpc) is 2.38. The van der Waals surface area contributed by atoms with Crippen molar-refractivity contribution in [3.05, 3.63) is 70.5 Å². The number of aliphatic hydroxyl groups excluding tert-OH is 1. The second-order valence-corrected chi connectivity index (χ2v) is 4.85. The van der Waals surface area contributed by atoms with E-state index in [1.807, 2.05) is 0 Å². The first kappa shape index (κ1) is 14.6. The lowest BCUT2D eigenvalue weighted by atomic mass is 9.98. The van der Waals surface area contributed by atoms with Gasteiger partial charge in [-0.05, 0) is 48.2 Å². The summed E-state index contributed by atoms with van der Waals surface area (Å²) in [5, 5.41) is 9.98. The zero-order valence-corrected chi connectivity index (χ0v) is 11.0. The molecule has 0 aliphatic carbocycles. The van der Waals surface area contributed by atoms with Crippen LogP contribution < -0.4 is 0 Å². The minimum Gasteiger partial charge on any atom is -0.392 e. The van der Waals surface area contributed by atoms with E-state index < -0.39 is 17.7 Å². The molecular formula is C16H15F3O. The van der Waals surface area contributed by atoms with E-state index >= 15 is 0 Å². The number of hydrogen-bond donors (Lipinski definition) is 1. The Morgan fingerprint density at radius 3 is 2.40 bits per heavy atom. The van der Waals surface area contributed by atoms with Gasteiger partial charge in [0.15, 0.2) is 11.6 Å². The topological polar surface area (TPSA) is 20.2 Å². The molecule has 2 aromatic rings. The van der Waals surface area contributed by atoms with Crippen molar-refractivity contribution in [1.82, 2.24) is 0 Å². The van der Waals surface area contributed by atoms with Crippen molar-refractivity contribution in [3.63, 3.8) is 0 Å². The third-order valence-electron chi connectivity index (χ3n) is 3.25. The number of aliphatic hydroxyl groups is 1. The van der Waals surface area contributed by atoms with Crippen molar-refractivity contribution in [3.8, 4) is 0 Å². The normalized spacial score (nSPS) is 12.4. The predicted octanol–water partition coefficient (Wildman–Crippen LogP) is 3.56. The van der Waals surface area contributed by atoms with Crippen LogP contribution >= 0.6 is 0 Å². The van der Waals surface area contributed by atoms with E-state index in [4.69, 9.17) is 0 Å². The van der Waals surface area contributed by atoms with Gasteiger partial charge in [-0.3, -0.25) is 0 Å². The third-order valence-corrected chi connectivity index (χ3v) is 3.25. The molecule has 2 aromatic carbocycles. The van der Waals surface area contributed by atoms with Gasteiger partial charge in [0.2, 0.25) is 0 Å². The Morgan fingerprint density at radius 1 is 1.00 bits per heavy atom. The molecule has 0 radical (unpaired) electrons. The first-order valence-electron chi connectivity index (χ1n) is 6.33. The third kappa shape index (κ3) is 3.39. The fourth-order valence-corrected chi connectivity index (χ4v) is 2.17. The van der Waals surface area contributed by atoms with Gasteiger partial charge in [-0.1, -0.05) is 18.2 Å². The lowest BCUT2D eigenvalue weighted by molar-refractivity contribution is 0.173. The lowest BCUT2D eigenvalue weighted by Gasteiger charge is -2.13. The van der Waals surface area contributed by atoms with Crippen molar-refractivity contribution in [2.75, 3.05) is 0 Å². The molecule has 1 nitrogen and oxygen atoms in total. The van der Waals surface area contributed by atoms with E-state index in [9.17, 15) is 18.3 Å². The maximum absolute atomic E-state index is 13.5.